The smallest absolute Gasteiger partial charge is 0.335 e. The second-order valence-electron chi connectivity index (χ2n) is 10.9. The SMILES string of the molecule is C[C@H]1C[C@@H](Oc2ccnc(COc3ccc(C#N)cc3F)n2)CCN1Cc1nc2ccc(C(=O)O)cc2n1CC1CCO1. The van der Waals surface area contributed by atoms with Crippen LogP contribution in [0.25, 0.3) is 11.0 Å². The fraction of sp³-hybridized carbons (Fsp3) is 0.387. The average Bonchev–Trinajstić information content (AvgIpc) is 3.31. The normalized spacial score (nSPS) is 20.3. The number of carboxylic acids is 1. The Balaban J connectivity index is 1.09. The summed E-state index contributed by atoms with van der Waals surface area (Å²) in [5.74, 6) is 0.104. The number of benzene rings is 2. The molecule has 2 saturated heterocycles. The zero-order chi connectivity index (χ0) is 29.9. The molecule has 4 aromatic rings. The van der Waals surface area contributed by atoms with Gasteiger partial charge in [0.05, 0.1) is 47.4 Å². The molecule has 0 amide bonds. The fourth-order valence-electron chi connectivity index (χ4n) is 5.48. The molecule has 0 aliphatic carbocycles. The molecule has 11 nitrogen and oxygen atoms in total. The number of fused-ring (bicyclic) bond motifs is 1. The van der Waals surface area contributed by atoms with Crippen molar-refractivity contribution in [2.45, 2.75) is 64.1 Å². The first kappa shape index (κ1) is 28.5. The lowest BCUT2D eigenvalue weighted by molar-refractivity contribution is -0.0593. The number of carbonyl (C=O) groups is 1. The fourth-order valence-corrected chi connectivity index (χ4v) is 5.48. The molecule has 2 aliphatic heterocycles. The summed E-state index contributed by atoms with van der Waals surface area (Å²) in [6.45, 7) is 4.91. The number of hydrogen-bond donors (Lipinski definition) is 1. The van der Waals surface area contributed by atoms with Gasteiger partial charge in [-0.15, -0.1) is 0 Å². The Morgan fingerprint density at radius 1 is 1.21 bits per heavy atom. The van der Waals surface area contributed by atoms with Crippen molar-refractivity contribution >= 4 is 17.0 Å². The Labute approximate surface area is 247 Å². The van der Waals surface area contributed by atoms with E-state index in [0.29, 0.717) is 24.8 Å². The van der Waals surface area contributed by atoms with Crippen LogP contribution in [-0.2, 0) is 24.4 Å². The number of rotatable bonds is 10. The van der Waals surface area contributed by atoms with Crippen molar-refractivity contribution in [1.29, 1.82) is 5.26 Å². The Bertz CT molecular complexity index is 1680. The molecule has 0 radical (unpaired) electrons. The van der Waals surface area contributed by atoms with E-state index in [1.807, 2.05) is 6.07 Å². The number of aromatic carboxylic acids is 1. The molecule has 2 aromatic heterocycles. The van der Waals surface area contributed by atoms with E-state index < -0.39 is 11.8 Å². The molecular formula is C31H31FN6O5. The molecule has 43 heavy (non-hydrogen) atoms. The van der Waals surface area contributed by atoms with E-state index in [1.54, 1.807) is 30.5 Å². The molecular weight excluding hydrogens is 555 g/mol. The van der Waals surface area contributed by atoms with Crippen molar-refractivity contribution in [2.75, 3.05) is 13.2 Å². The topological polar surface area (TPSA) is 136 Å². The van der Waals surface area contributed by atoms with Gasteiger partial charge in [0.2, 0.25) is 5.88 Å². The minimum Gasteiger partial charge on any atom is -0.483 e. The summed E-state index contributed by atoms with van der Waals surface area (Å²) in [4.78, 5) is 27.5. The van der Waals surface area contributed by atoms with Crippen LogP contribution in [0.1, 0.15) is 53.8 Å². The number of aromatic nitrogens is 4. The summed E-state index contributed by atoms with van der Waals surface area (Å²) in [5.41, 5.74) is 2.03. The molecule has 4 heterocycles. The quantitative estimate of drug-likeness (QED) is 0.286. The molecule has 0 spiro atoms. The van der Waals surface area contributed by atoms with E-state index in [2.05, 4.69) is 26.4 Å². The molecule has 3 atom stereocenters. The summed E-state index contributed by atoms with van der Waals surface area (Å²) in [5, 5.41) is 18.4. The molecule has 12 heteroatoms. The van der Waals surface area contributed by atoms with Crippen LogP contribution < -0.4 is 9.47 Å². The van der Waals surface area contributed by atoms with Crippen LogP contribution >= 0.6 is 0 Å². The monoisotopic (exact) mass is 586 g/mol. The van der Waals surface area contributed by atoms with E-state index in [1.165, 1.54) is 12.1 Å². The number of piperidine rings is 1. The Hall–Kier alpha value is -4.60. The lowest BCUT2D eigenvalue weighted by Crippen LogP contribution is -2.44. The minimum absolute atomic E-state index is 0.0196. The maximum atomic E-state index is 14.2. The molecule has 2 fully saturated rings. The van der Waals surface area contributed by atoms with Crippen LogP contribution in [0.2, 0.25) is 0 Å². The van der Waals surface area contributed by atoms with Crippen molar-refractivity contribution in [3.63, 3.8) is 0 Å². The van der Waals surface area contributed by atoms with Crippen LogP contribution in [0.15, 0.2) is 48.7 Å². The highest BCUT2D eigenvalue weighted by molar-refractivity contribution is 5.92. The Morgan fingerprint density at radius 2 is 2.07 bits per heavy atom. The predicted octanol–water partition coefficient (Wildman–Crippen LogP) is 4.34. The maximum Gasteiger partial charge on any atom is 0.335 e. The Morgan fingerprint density at radius 3 is 2.79 bits per heavy atom. The van der Waals surface area contributed by atoms with Crippen molar-refractivity contribution in [3.05, 3.63) is 77.3 Å². The standard InChI is InChI=1S/C31H31FN6O5/c1-19-12-22(43-30-6-9-34-28(36-30)18-42-27-5-2-20(15-33)13-24(27)32)7-10-37(19)17-29-35-25-4-3-21(31(39)40)14-26(25)38(29)16-23-8-11-41-23/h2-6,9,13-14,19,22-23H,7-8,10-12,16-18H2,1H3,(H,39,40)/t19-,22-,23?/m0/s1. The van der Waals surface area contributed by atoms with Crippen LogP contribution in [0.3, 0.4) is 0 Å². The first-order valence-corrected chi connectivity index (χ1v) is 14.3. The maximum absolute atomic E-state index is 14.2. The van der Waals surface area contributed by atoms with E-state index in [9.17, 15) is 14.3 Å². The van der Waals surface area contributed by atoms with Gasteiger partial charge < -0.3 is 23.9 Å². The number of likely N-dealkylation sites (tertiary alicyclic amines) is 1. The zero-order valence-electron chi connectivity index (χ0n) is 23.6. The van der Waals surface area contributed by atoms with Crippen LogP contribution in [0.5, 0.6) is 11.6 Å². The van der Waals surface area contributed by atoms with Crippen molar-refractivity contribution in [1.82, 2.24) is 24.4 Å². The van der Waals surface area contributed by atoms with E-state index in [4.69, 9.17) is 24.5 Å². The van der Waals surface area contributed by atoms with Crippen LogP contribution in [0, 0.1) is 17.1 Å². The first-order chi connectivity index (χ1) is 20.9. The number of carboxylic acid groups (broad SMARTS) is 1. The summed E-state index contributed by atoms with van der Waals surface area (Å²) in [6, 6.07) is 12.9. The van der Waals surface area contributed by atoms with Gasteiger partial charge >= 0.3 is 5.97 Å². The molecule has 1 unspecified atom stereocenters. The largest absolute Gasteiger partial charge is 0.483 e. The number of halogens is 1. The summed E-state index contributed by atoms with van der Waals surface area (Å²) in [6.07, 6.45) is 4.17. The minimum atomic E-state index is -0.963. The van der Waals surface area contributed by atoms with Crippen LogP contribution in [-0.4, -0.2) is 66.9 Å². The highest BCUT2D eigenvalue weighted by Gasteiger charge is 2.29. The predicted molar refractivity (Wildman–Crippen MR) is 152 cm³/mol. The van der Waals surface area contributed by atoms with Gasteiger partial charge in [0.1, 0.15) is 18.5 Å². The van der Waals surface area contributed by atoms with Gasteiger partial charge in [-0.05, 0) is 62.6 Å². The van der Waals surface area contributed by atoms with Crippen molar-refractivity contribution in [2.24, 2.45) is 0 Å². The second-order valence-corrected chi connectivity index (χ2v) is 10.9. The first-order valence-electron chi connectivity index (χ1n) is 14.3. The third-order valence-corrected chi connectivity index (χ3v) is 7.95. The van der Waals surface area contributed by atoms with E-state index in [-0.39, 0.29) is 41.7 Å². The number of imidazole rings is 1. The number of ether oxygens (including phenoxy) is 3. The second kappa shape index (κ2) is 12.3. The Kier molecular flexibility index (Phi) is 8.18. The molecule has 1 N–H and O–H groups in total. The van der Waals surface area contributed by atoms with Crippen molar-refractivity contribution < 1.29 is 28.5 Å². The number of nitriles is 1. The lowest BCUT2D eigenvalue weighted by atomic mass is 10.0. The van der Waals surface area contributed by atoms with Gasteiger partial charge in [-0.25, -0.2) is 19.2 Å². The third kappa shape index (κ3) is 6.43. The zero-order valence-corrected chi connectivity index (χ0v) is 23.6. The molecule has 0 saturated carbocycles. The van der Waals surface area contributed by atoms with Gasteiger partial charge in [-0.2, -0.15) is 10.2 Å². The summed E-state index contributed by atoms with van der Waals surface area (Å²) in [7, 11) is 0. The summed E-state index contributed by atoms with van der Waals surface area (Å²) < 4.78 is 33.7. The van der Waals surface area contributed by atoms with Gasteiger partial charge in [-0.3, -0.25) is 4.90 Å². The molecule has 2 aromatic carbocycles. The average molecular weight is 587 g/mol. The third-order valence-electron chi connectivity index (χ3n) is 7.95. The summed E-state index contributed by atoms with van der Waals surface area (Å²) >= 11 is 0. The van der Waals surface area contributed by atoms with Crippen LogP contribution in [0.4, 0.5) is 4.39 Å². The molecule has 2 aliphatic rings. The van der Waals surface area contributed by atoms with Gasteiger partial charge in [0.25, 0.3) is 0 Å². The van der Waals surface area contributed by atoms with E-state index in [0.717, 1.165) is 55.3 Å². The van der Waals surface area contributed by atoms with E-state index >= 15 is 0 Å². The van der Waals surface area contributed by atoms with Gasteiger partial charge in [0.15, 0.2) is 17.4 Å². The highest BCUT2D eigenvalue weighted by atomic mass is 19.1. The highest BCUT2D eigenvalue weighted by Crippen LogP contribution is 2.27. The lowest BCUT2D eigenvalue weighted by Gasteiger charge is -2.37. The van der Waals surface area contributed by atoms with Gasteiger partial charge in [0, 0.05) is 31.5 Å². The molecule has 222 valence electrons. The molecule has 6 rings (SSSR count). The number of hydrogen-bond acceptors (Lipinski definition) is 9. The molecule has 0 bridgehead atoms. The van der Waals surface area contributed by atoms with Gasteiger partial charge in [-0.1, -0.05) is 0 Å². The van der Waals surface area contributed by atoms with Crippen molar-refractivity contribution in [3.8, 4) is 17.7 Å². The number of nitrogens with zero attached hydrogens (tertiary/aromatic N) is 6.